The van der Waals surface area contributed by atoms with E-state index < -0.39 is 5.51 Å². The van der Waals surface area contributed by atoms with Gasteiger partial charge in [-0.05, 0) is 29.5 Å². The number of nitriles is 1. The van der Waals surface area contributed by atoms with Crippen molar-refractivity contribution in [1.29, 1.82) is 5.26 Å². The van der Waals surface area contributed by atoms with Gasteiger partial charge >= 0.3 is 5.51 Å². The third-order valence-corrected chi connectivity index (χ3v) is 2.64. The second-order valence-corrected chi connectivity index (χ2v) is 4.42. The number of thioether (sulfide) groups is 1. The van der Waals surface area contributed by atoms with Crippen LogP contribution < -0.4 is 5.32 Å². The minimum atomic E-state index is -4.24. The fourth-order valence-corrected chi connectivity index (χ4v) is 1.73. The smallest absolute Gasteiger partial charge is 0.312 e. The first-order valence-corrected chi connectivity index (χ1v) is 5.75. The van der Waals surface area contributed by atoms with Crippen molar-refractivity contribution < 1.29 is 13.2 Å². The number of rotatable bonds is 5. The Hall–Kier alpha value is -1.19. The number of halogens is 3. The molecule has 6 heteroatoms. The summed E-state index contributed by atoms with van der Waals surface area (Å²) in [5, 5.41) is 11.3. The van der Waals surface area contributed by atoms with Gasteiger partial charge in [0.2, 0.25) is 0 Å². The van der Waals surface area contributed by atoms with E-state index >= 15 is 0 Å². The quantitative estimate of drug-likeness (QED) is 0.651. The van der Waals surface area contributed by atoms with Crippen LogP contribution in [0.1, 0.15) is 12.0 Å². The molecule has 0 spiro atoms. The van der Waals surface area contributed by atoms with Crippen molar-refractivity contribution in [2.24, 2.45) is 0 Å². The summed E-state index contributed by atoms with van der Waals surface area (Å²) in [4.78, 5) is 0.179. The van der Waals surface area contributed by atoms with Crippen molar-refractivity contribution in [1.82, 2.24) is 5.32 Å². The van der Waals surface area contributed by atoms with Gasteiger partial charge in [-0.2, -0.15) is 18.4 Å². The highest BCUT2D eigenvalue weighted by Crippen LogP contribution is 2.36. The Morgan fingerprint density at radius 2 is 1.88 bits per heavy atom. The van der Waals surface area contributed by atoms with Gasteiger partial charge in [0.25, 0.3) is 0 Å². The van der Waals surface area contributed by atoms with Crippen LogP contribution in [0.2, 0.25) is 0 Å². The molecule has 0 saturated heterocycles. The summed E-state index contributed by atoms with van der Waals surface area (Å²) in [5.41, 5.74) is -3.35. The lowest BCUT2D eigenvalue weighted by atomic mass is 10.2. The first-order valence-electron chi connectivity index (χ1n) is 4.93. The molecular formula is C11H11F3N2S. The van der Waals surface area contributed by atoms with Crippen LogP contribution in [-0.4, -0.2) is 12.1 Å². The highest BCUT2D eigenvalue weighted by atomic mass is 32.2. The molecule has 0 radical (unpaired) electrons. The Morgan fingerprint density at radius 1 is 1.24 bits per heavy atom. The highest BCUT2D eigenvalue weighted by Gasteiger charge is 2.28. The Labute approximate surface area is 102 Å². The van der Waals surface area contributed by atoms with Crippen molar-refractivity contribution in [3.05, 3.63) is 29.8 Å². The number of nitrogens with one attached hydrogen (secondary N) is 1. The molecule has 0 aromatic heterocycles. The van der Waals surface area contributed by atoms with E-state index in [9.17, 15) is 13.2 Å². The van der Waals surface area contributed by atoms with Crippen LogP contribution in [0.4, 0.5) is 13.2 Å². The van der Waals surface area contributed by atoms with Crippen molar-refractivity contribution in [2.45, 2.75) is 23.4 Å². The molecule has 0 saturated carbocycles. The lowest BCUT2D eigenvalue weighted by Gasteiger charge is -2.07. The number of benzene rings is 1. The van der Waals surface area contributed by atoms with Crippen LogP contribution in [0, 0.1) is 11.3 Å². The van der Waals surface area contributed by atoms with Crippen molar-refractivity contribution >= 4 is 11.8 Å². The van der Waals surface area contributed by atoms with Crippen molar-refractivity contribution in [3.63, 3.8) is 0 Å². The first kappa shape index (κ1) is 13.9. The zero-order valence-electron chi connectivity index (χ0n) is 8.92. The standard InChI is InChI=1S/C11H11F3N2S/c12-11(13,14)17-10-4-2-9(3-5-10)8-16-7-1-6-15/h2-5,16H,1,7-8H2. The summed E-state index contributed by atoms with van der Waals surface area (Å²) in [6.45, 7) is 1.13. The molecule has 0 aliphatic heterocycles. The van der Waals surface area contributed by atoms with E-state index in [1.807, 2.05) is 6.07 Å². The Bertz CT molecular complexity index is 381. The van der Waals surface area contributed by atoms with Gasteiger partial charge in [-0.15, -0.1) is 0 Å². The number of alkyl halides is 3. The summed E-state index contributed by atoms with van der Waals surface area (Å²) >= 11 is -0.122. The van der Waals surface area contributed by atoms with Crippen molar-refractivity contribution in [3.8, 4) is 6.07 Å². The van der Waals surface area contributed by atoms with Gasteiger partial charge in [0.1, 0.15) is 0 Å². The summed E-state index contributed by atoms with van der Waals surface area (Å²) in [6, 6.07) is 8.18. The van der Waals surface area contributed by atoms with E-state index in [0.29, 0.717) is 19.5 Å². The van der Waals surface area contributed by atoms with E-state index in [-0.39, 0.29) is 16.7 Å². The van der Waals surface area contributed by atoms with Crippen LogP contribution in [-0.2, 0) is 6.54 Å². The molecule has 0 bridgehead atoms. The molecule has 0 atom stereocenters. The number of hydrogen-bond donors (Lipinski definition) is 1. The number of nitrogens with zero attached hydrogens (tertiary/aromatic N) is 1. The summed E-state index contributed by atoms with van der Waals surface area (Å²) < 4.78 is 36.1. The van der Waals surface area contributed by atoms with Gasteiger partial charge in [0.15, 0.2) is 0 Å². The molecule has 1 aromatic carbocycles. The Morgan fingerprint density at radius 3 is 2.41 bits per heavy atom. The Balaban J connectivity index is 2.43. The van der Waals surface area contributed by atoms with Crippen molar-refractivity contribution in [2.75, 3.05) is 6.54 Å². The largest absolute Gasteiger partial charge is 0.446 e. The molecule has 1 aromatic rings. The maximum absolute atomic E-state index is 12.0. The maximum Gasteiger partial charge on any atom is 0.446 e. The minimum Gasteiger partial charge on any atom is -0.312 e. The monoisotopic (exact) mass is 260 g/mol. The Kier molecular flexibility index (Phi) is 5.32. The SMILES string of the molecule is N#CCCNCc1ccc(SC(F)(F)F)cc1. The third kappa shape index (κ3) is 6.19. The van der Waals surface area contributed by atoms with Gasteiger partial charge in [0.05, 0.1) is 6.07 Å². The van der Waals surface area contributed by atoms with E-state index in [1.54, 1.807) is 12.1 Å². The van der Waals surface area contributed by atoms with E-state index in [2.05, 4.69) is 5.32 Å². The highest BCUT2D eigenvalue weighted by molar-refractivity contribution is 8.00. The van der Waals surface area contributed by atoms with Gasteiger partial charge in [-0.1, -0.05) is 12.1 Å². The molecule has 1 rings (SSSR count). The topological polar surface area (TPSA) is 35.8 Å². The molecule has 2 nitrogen and oxygen atoms in total. The lowest BCUT2D eigenvalue weighted by Crippen LogP contribution is -2.13. The van der Waals surface area contributed by atoms with Crippen LogP contribution in [0.5, 0.6) is 0 Å². The molecule has 0 unspecified atom stereocenters. The average molecular weight is 260 g/mol. The summed E-state index contributed by atoms with van der Waals surface area (Å²) in [7, 11) is 0. The molecule has 0 heterocycles. The molecular weight excluding hydrogens is 249 g/mol. The number of hydrogen-bond acceptors (Lipinski definition) is 3. The lowest BCUT2D eigenvalue weighted by molar-refractivity contribution is -0.0328. The fraction of sp³-hybridized carbons (Fsp3) is 0.364. The minimum absolute atomic E-state index is 0.122. The van der Waals surface area contributed by atoms with E-state index in [0.717, 1.165) is 5.56 Å². The predicted molar refractivity (Wildman–Crippen MR) is 60.3 cm³/mol. The third-order valence-electron chi connectivity index (χ3n) is 1.90. The fourth-order valence-electron chi connectivity index (χ4n) is 1.19. The normalized spacial score (nSPS) is 11.2. The molecule has 92 valence electrons. The molecule has 0 aliphatic carbocycles. The van der Waals surface area contributed by atoms with E-state index in [4.69, 9.17) is 5.26 Å². The maximum atomic E-state index is 12.0. The molecule has 17 heavy (non-hydrogen) atoms. The average Bonchev–Trinajstić information content (AvgIpc) is 2.25. The van der Waals surface area contributed by atoms with Crippen LogP contribution >= 0.6 is 11.8 Å². The summed E-state index contributed by atoms with van der Waals surface area (Å²) in [5.74, 6) is 0. The predicted octanol–water partition coefficient (Wildman–Crippen LogP) is 3.30. The molecule has 0 fully saturated rings. The molecule has 0 amide bonds. The van der Waals surface area contributed by atoms with Crippen LogP contribution in [0.25, 0.3) is 0 Å². The van der Waals surface area contributed by atoms with Gasteiger partial charge in [0, 0.05) is 24.4 Å². The zero-order chi connectivity index (χ0) is 12.7. The van der Waals surface area contributed by atoms with Crippen LogP contribution in [0.15, 0.2) is 29.2 Å². The van der Waals surface area contributed by atoms with Gasteiger partial charge < -0.3 is 5.32 Å². The molecule has 1 N–H and O–H groups in total. The second kappa shape index (κ2) is 6.52. The summed E-state index contributed by atoms with van der Waals surface area (Å²) in [6.07, 6.45) is 0.419. The first-order chi connectivity index (χ1) is 8.01. The van der Waals surface area contributed by atoms with Gasteiger partial charge in [-0.3, -0.25) is 0 Å². The zero-order valence-corrected chi connectivity index (χ0v) is 9.74. The van der Waals surface area contributed by atoms with Crippen LogP contribution in [0.3, 0.4) is 0 Å². The second-order valence-electron chi connectivity index (χ2n) is 3.28. The molecule has 0 aliphatic rings. The van der Waals surface area contributed by atoms with Gasteiger partial charge in [-0.25, -0.2) is 0 Å². The van der Waals surface area contributed by atoms with E-state index in [1.165, 1.54) is 12.1 Å².